The van der Waals surface area contributed by atoms with Crippen LogP contribution in [0.15, 0.2) is 52.9 Å². The van der Waals surface area contributed by atoms with E-state index in [1.165, 1.54) is 47.4 Å². The summed E-state index contributed by atoms with van der Waals surface area (Å²) in [5.41, 5.74) is 2.12. The zero-order valence-corrected chi connectivity index (χ0v) is 15.9. The molecule has 3 rings (SSSR count). The van der Waals surface area contributed by atoms with Crippen LogP contribution < -0.4 is 10.6 Å². The van der Waals surface area contributed by atoms with Crippen LogP contribution in [-0.4, -0.2) is 27.8 Å². The molecule has 3 aromatic rings. The van der Waals surface area contributed by atoms with E-state index in [-0.39, 0.29) is 23.4 Å². The summed E-state index contributed by atoms with van der Waals surface area (Å²) in [6.45, 7) is 1.95. The van der Waals surface area contributed by atoms with Gasteiger partial charge in [0.1, 0.15) is 5.82 Å². The second kappa shape index (κ2) is 8.74. The summed E-state index contributed by atoms with van der Waals surface area (Å²) in [4.78, 5) is 24.1. The Morgan fingerprint density at radius 3 is 2.44 bits per heavy atom. The molecule has 6 nitrogen and oxygen atoms in total. The minimum absolute atomic E-state index is 0.123. The number of nitrogens with zero attached hydrogens (tertiary/aromatic N) is 2. The molecule has 0 aliphatic rings. The number of rotatable bonds is 6. The Kier molecular flexibility index (Phi) is 6.15. The highest BCUT2D eigenvalue weighted by molar-refractivity contribution is 8.01. The number of nitrogens with one attached hydrogen (secondary N) is 2. The van der Waals surface area contributed by atoms with E-state index in [2.05, 4.69) is 20.8 Å². The van der Waals surface area contributed by atoms with Crippen LogP contribution in [0.1, 0.15) is 15.9 Å². The van der Waals surface area contributed by atoms with Crippen molar-refractivity contribution in [2.45, 2.75) is 11.3 Å². The Labute approximate surface area is 163 Å². The molecule has 27 heavy (non-hydrogen) atoms. The van der Waals surface area contributed by atoms with E-state index in [4.69, 9.17) is 0 Å². The van der Waals surface area contributed by atoms with Crippen molar-refractivity contribution in [3.63, 3.8) is 0 Å². The summed E-state index contributed by atoms with van der Waals surface area (Å²) in [7, 11) is 0. The van der Waals surface area contributed by atoms with Gasteiger partial charge in [0.25, 0.3) is 5.91 Å². The predicted molar refractivity (Wildman–Crippen MR) is 105 cm³/mol. The van der Waals surface area contributed by atoms with Crippen LogP contribution in [0, 0.1) is 12.7 Å². The molecule has 9 heteroatoms. The van der Waals surface area contributed by atoms with E-state index in [0.717, 1.165) is 5.56 Å². The molecule has 2 aromatic carbocycles. The second-order valence-electron chi connectivity index (χ2n) is 5.54. The fourth-order valence-electron chi connectivity index (χ4n) is 2.05. The highest BCUT2D eigenvalue weighted by Gasteiger charge is 2.12. The van der Waals surface area contributed by atoms with Crippen molar-refractivity contribution >= 4 is 45.7 Å². The van der Waals surface area contributed by atoms with Crippen LogP contribution in [0.2, 0.25) is 0 Å². The van der Waals surface area contributed by atoms with Crippen molar-refractivity contribution in [3.05, 3.63) is 65.5 Å². The van der Waals surface area contributed by atoms with Crippen molar-refractivity contribution in [1.29, 1.82) is 0 Å². The zero-order chi connectivity index (χ0) is 19.2. The number of benzene rings is 2. The van der Waals surface area contributed by atoms with E-state index < -0.39 is 0 Å². The van der Waals surface area contributed by atoms with Gasteiger partial charge in [-0.1, -0.05) is 40.8 Å². The fraction of sp³-hybridized carbons (Fsp3) is 0.111. The van der Waals surface area contributed by atoms with Crippen LogP contribution in [0.4, 0.5) is 15.2 Å². The smallest absolute Gasteiger partial charge is 0.257 e. The lowest BCUT2D eigenvalue weighted by atomic mass is 10.1. The summed E-state index contributed by atoms with van der Waals surface area (Å²) >= 11 is 2.39. The molecule has 0 aliphatic carbocycles. The Bertz CT molecular complexity index is 943. The summed E-state index contributed by atoms with van der Waals surface area (Å²) in [6, 6.07) is 12.7. The average Bonchev–Trinajstić information content (AvgIpc) is 3.10. The van der Waals surface area contributed by atoms with Crippen LogP contribution in [0.5, 0.6) is 0 Å². The van der Waals surface area contributed by atoms with Crippen molar-refractivity contribution in [2.75, 3.05) is 16.4 Å². The van der Waals surface area contributed by atoms with Gasteiger partial charge < -0.3 is 5.32 Å². The number of halogens is 1. The number of aromatic nitrogens is 2. The number of hydrogen-bond donors (Lipinski definition) is 2. The van der Waals surface area contributed by atoms with Crippen molar-refractivity contribution < 1.29 is 14.0 Å². The summed E-state index contributed by atoms with van der Waals surface area (Å²) < 4.78 is 13.4. The second-order valence-corrected chi connectivity index (χ2v) is 7.74. The molecule has 1 aromatic heterocycles. The molecule has 0 unspecified atom stereocenters. The standard InChI is InChI=1S/C18H15FN4O2S2/c1-11-2-4-12(5-3-11)16(25)21-17-22-23-18(27-17)26-10-15(24)20-14-8-6-13(19)7-9-14/h2-9H,10H2,1H3,(H,20,24)(H,21,22,25). The molecule has 138 valence electrons. The molecular weight excluding hydrogens is 387 g/mol. The quantitative estimate of drug-likeness (QED) is 0.481. The first-order chi connectivity index (χ1) is 13.0. The van der Waals surface area contributed by atoms with Gasteiger partial charge in [0.05, 0.1) is 5.75 Å². The first kappa shape index (κ1) is 19.0. The third kappa shape index (κ3) is 5.60. The fourth-order valence-corrected chi connectivity index (χ4v) is 3.60. The van der Waals surface area contributed by atoms with Gasteiger partial charge in [-0.25, -0.2) is 4.39 Å². The van der Waals surface area contributed by atoms with Crippen molar-refractivity contribution in [1.82, 2.24) is 10.2 Å². The maximum Gasteiger partial charge on any atom is 0.257 e. The largest absolute Gasteiger partial charge is 0.325 e. The first-order valence-electron chi connectivity index (χ1n) is 7.89. The van der Waals surface area contributed by atoms with E-state index in [9.17, 15) is 14.0 Å². The van der Waals surface area contributed by atoms with Crippen LogP contribution in [0.25, 0.3) is 0 Å². The number of amides is 2. The van der Waals surface area contributed by atoms with E-state index in [1.807, 2.05) is 19.1 Å². The lowest BCUT2D eigenvalue weighted by Crippen LogP contribution is -2.13. The van der Waals surface area contributed by atoms with Gasteiger partial charge >= 0.3 is 0 Å². The Hall–Kier alpha value is -2.78. The lowest BCUT2D eigenvalue weighted by molar-refractivity contribution is -0.113. The molecular formula is C18H15FN4O2S2. The third-order valence-electron chi connectivity index (χ3n) is 3.40. The van der Waals surface area contributed by atoms with Gasteiger partial charge in [-0.05, 0) is 43.3 Å². The molecule has 0 saturated carbocycles. The third-order valence-corrected chi connectivity index (χ3v) is 5.37. The molecule has 0 atom stereocenters. The van der Waals surface area contributed by atoms with Crippen LogP contribution >= 0.6 is 23.1 Å². The minimum Gasteiger partial charge on any atom is -0.325 e. The van der Waals surface area contributed by atoms with Crippen molar-refractivity contribution in [2.24, 2.45) is 0 Å². The molecule has 2 amide bonds. The van der Waals surface area contributed by atoms with Gasteiger partial charge in [-0.3, -0.25) is 14.9 Å². The Morgan fingerprint density at radius 2 is 1.74 bits per heavy atom. The maximum atomic E-state index is 12.9. The van der Waals surface area contributed by atoms with Crippen LogP contribution in [-0.2, 0) is 4.79 Å². The molecule has 1 heterocycles. The highest BCUT2D eigenvalue weighted by Crippen LogP contribution is 2.26. The zero-order valence-electron chi connectivity index (χ0n) is 14.2. The molecule has 2 N–H and O–H groups in total. The van der Waals surface area contributed by atoms with E-state index in [1.54, 1.807) is 12.1 Å². The maximum absolute atomic E-state index is 12.9. The number of hydrogen-bond acceptors (Lipinski definition) is 6. The highest BCUT2D eigenvalue weighted by atomic mass is 32.2. The summed E-state index contributed by atoms with van der Waals surface area (Å²) in [5.74, 6) is -0.752. The van der Waals surface area contributed by atoms with Gasteiger partial charge in [-0.2, -0.15) is 0 Å². The van der Waals surface area contributed by atoms with Crippen LogP contribution in [0.3, 0.4) is 0 Å². The van der Waals surface area contributed by atoms with Gasteiger partial charge in [-0.15, -0.1) is 10.2 Å². The summed E-state index contributed by atoms with van der Waals surface area (Å²) in [6.07, 6.45) is 0. The predicted octanol–water partition coefficient (Wildman–Crippen LogP) is 3.97. The van der Waals surface area contributed by atoms with Gasteiger partial charge in [0, 0.05) is 11.3 Å². The van der Waals surface area contributed by atoms with E-state index in [0.29, 0.717) is 20.7 Å². The number of thioether (sulfide) groups is 1. The topological polar surface area (TPSA) is 84.0 Å². The van der Waals surface area contributed by atoms with E-state index >= 15 is 0 Å². The number of aryl methyl sites for hydroxylation is 1. The average molecular weight is 402 g/mol. The molecule has 0 radical (unpaired) electrons. The number of carbonyl (C=O) groups is 2. The number of anilines is 2. The monoisotopic (exact) mass is 402 g/mol. The minimum atomic E-state index is -0.364. The first-order valence-corrected chi connectivity index (χ1v) is 9.69. The molecule has 0 aliphatic heterocycles. The molecule has 0 saturated heterocycles. The molecule has 0 fully saturated rings. The summed E-state index contributed by atoms with van der Waals surface area (Å²) in [5, 5.41) is 13.6. The number of carbonyl (C=O) groups excluding carboxylic acids is 2. The SMILES string of the molecule is Cc1ccc(C(=O)Nc2nnc(SCC(=O)Nc3ccc(F)cc3)s2)cc1. The van der Waals surface area contributed by atoms with Gasteiger partial charge in [0.2, 0.25) is 11.0 Å². The molecule has 0 spiro atoms. The van der Waals surface area contributed by atoms with Crippen molar-refractivity contribution in [3.8, 4) is 0 Å². The Balaban J connectivity index is 1.50. The lowest BCUT2D eigenvalue weighted by Gasteiger charge is -2.03. The normalized spacial score (nSPS) is 10.4. The molecule has 0 bridgehead atoms. The van der Waals surface area contributed by atoms with Gasteiger partial charge in [0.15, 0.2) is 4.34 Å². The Morgan fingerprint density at radius 1 is 1.04 bits per heavy atom.